The summed E-state index contributed by atoms with van der Waals surface area (Å²) in [6.07, 6.45) is 0. The van der Waals surface area contributed by atoms with Gasteiger partial charge in [0.25, 0.3) is 0 Å². The zero-order chi connectivity index (χ0) is 9.00. The fourth-order valence-corrected chi connectivity index (χ4v) is 0. The first-order chi connectivity index (χ1) is 4.00. The van der Waals surface area contributed by atoms with Gasteiger partial charge in [-0.2, -0.15) is 0 Å². The van der Waals surface area contributed by atoms with Gasteiger partial charge in [-0.25, -0.2) is 0 Å². The first-order valence-corrected chi connectivity index (χ1v) is 5.50. The van der Waals surface area contributed by atoms with Crippen molar-refractivity contribution < 1.29 is 59.1 Å². The number of hydrogen-bond donors (Lipinski definition) is 2. The predicted octanol–water partition coefficient (Wildman–Crippen LogP) is -4.86. The van der Waals surface area contributed by atoms with Crippen LogP contribution in [0.4, 0.5) is 0 Å². The summed E-state index contributed by atoms with van der Waals surface area (Å²) in [5, 5.41) is 0. The molecule has 0 radical (unpaired) electrons. The SMILES string of the molecule is [Mg+2].[NH4+].[NH4+].[O]=[Cr](=[O])([O-])[O-].[O]=[Cr](=[O])([O-])[O-]. The van der Waals surface area contributed by atoms with Gasteiger partial charge < -0.3 is 12.3 Å². The van der Waals surface area contributed by atoms with E-state index < -0.39 is 27.2 Å². The van der Waals surface area contributed by atoms with Gasteiger partial charge in [0.05, 0.1) is 0 Å². The zero-order valence-electron chi connectivity index (χ0n) is 6.79. The third-order valence-electron chi connectivity index (χ3n) is 0. The minimum absolute atomic E-state index is 0. The first kappa shape index (κ1) is 29.2. The van der Waals surface area contributed by atoms with Gasteiger partial charge in [-0.15, -0.1) is 0 Å². The van der Waals surface area contributed by atoms with Crippen molar-refractivity contribution in [1.82, 2.24) is 12.3 Å². The molecule has 0 fully saturated rings. The molecule has 0 aromatic rings. The molecule has 10 nitrogen and oxygen atoms in total. The van der Waals surface area contributed by atoms with Gasteiger partial charge in [-0.3, -0.25) is 0 Å². The quantitative estimate of drug-likeness (QED) is 0.409. The summed E-state index contributed by atoms with van der Waals surface area (Å²) in [6.45, 7) is 0. The van der Waals surface area contributed by atoms with Crippen molar-refractivity contribution in [1.29, 1.82) is 0 Å². The van der Waals surface area contributed by atoms with E-state index in [1.807, 2.05) is 0 Å². The van der Waals surface area contributed by atoms with E-state index in [-0.39, 0.29) is 35.4 Å². The predicted molar refractivity (Wildman–Crippen MR) is 20.5 cm³/mol. The van der Waals surface area contributed by atoms with E-state index in [4.69, 9.17) is 31.8 Å². The molecule has 0 aliphatic heterocycles. The van der Waals surface area contributed by atoms with Gasteiger partial charge in [0.1, 0.15) is 0 Å². The summed E-state index contributed by atoms with van der Waals surface area (Å²) < 4.78 is 68.8. The maximum atomic E-state index is 8.59. The van der Waals surface area contributed by atoms with Gasteiger partial charge in [-0.05, 0) is 0 Å². The van der Waals surface area contributed by atoms with E-state index in [9.17, 15) is 0 Å². The van der Waals surface area contributed by atoms with Crippen LogP contribution in [-0.2, 0) is 42.4 Å². The summed E-state index contributed by atoms with van der Waals surface area (Å²) in [5.74, 6) is 0. The molecule has 0 amide bonds. The van der Waals surface area contributed by atoms with Crippen LogP contribution < -0.4 is 28.9 Å². The third-order valence-corrected chi connectivity index (χ3v) is 0. The molecule has 8 N–H and O–H groups in total. The van der Waals surface area contributed by atoms with Crippen molar-refractivity contribution in [3.05, 3.63) is 0 Å². The molecule has 0 rings (SSSR count). The molecule has 0 aromatic heterocycles. The van der Waals surface area contributed by atoms with Crippen LogP contribution in [0.1, 0.15) is 0 Å². The van der Waals surface area contributed by atoms with Crippen LogP contribution in [-0.4, -0.2) is 23.1 Å². The fraction of sp³-hybridized carbons (Fsp3) is 0. The molecule has 0 saturated carbocycles. The first-order valence-electron chi connectivity index (χ1n) is 1.33. The minimum atomic E-state index is -5.75. The van der Waals surface area contributed by atoms with Crippen molar-refractivity contribution in [2.75, 3.05) is 0 Å². The molecule has 0 atom stereocenters. The topological polar surface area (TPSA) is 234 Å². The molecule has 0 aliphatic rings. The normalized spacial score (nSPS) is 8.92. The van der Waals surface area contributed by atoms with Crippen LogP contribution in [0.2, 0.25) is 0 Å². The molecule has 0 bridgehead atoms. The Hall–Kier alpha value is 0.791. The average Bonchev–Trinajstić information content (AvgIpc) is 1.12. The third kappa shape index (κ3) is 2380. The van der Waals surface area contributed by atoms with Crippen LogP contribution in [0.15, 0.2) is 0 Å². The van der Waals surface area contributed by atoms with E-state index in [1.54, 1.807) is 0 Å². The van der Waals surface area contributed by atoms with Crippen molar-refractivity contribution in [2.45, 2.75) is 0 Å². The molecule has 13 heavy (non-hydrogen) atoms. The molecule has 0 saturated heterocycles. The molecule has 0 unspecified atom stereocenters. The number of hydrogen-bond acceptors (Lipinski definition) is 8. The van der Waals surface area contributed by atoms with Gasteiger partial charge in [0.15, 0.2) is 0 Å². The molecule has 80 valence electrons. The Morgan fingerprint density at radius 2 is 0.615 bits per heavy atom. The molecular formula is H8Cr2MgN2O8. The van der Waals surface area contributed by atoms with Crippen LogP contribution in [0.5, 0.6) is 0 Å². The van der Waals surface area contributed by atoms with E-state index >= 15 is 0 Å². The number of quaternary nitrogens is 2. The van der Waals surface area contributed by atoms with E-state index in [1.165, 1.54) is 0 Å². The molecule has 0 heterocycles. The molecule has 0 aromatic carbocycles. The Bertz CT molecular complexity index is 217. The zero-order valence-corrected chi connectivity index (χ0v) is 10.8. The summed E-state index contributed by atoms with van der Waals surface area (Å²) in [5.41, 5.74) is 0. The molecule has 0 aliphatic carbocycles. The fourth-order valence-electron chi connectivity index (χ4n) is 0. The summed E-state index contributed by atoms with van der Waals surface area (Å²) in [4.78, 5) is 0. The van der Waals surface area contributed by atoms with Crippen LogP contribution in [0.25, 0.3) is 0 Å². The Labute approximate surface area is 94.0 Å². The van der Waals surface area contributed by atoms with Gasteiger partial charge >= 0.3 is 82.1 Å². The molecule has 13 heteroatoms. The summed E-state index contributed by atoms with van der Waals surface area (Å²) >= 11 is -11.5. The van der Waals surface area contributed by atoms with Crippen molar-refractivity contribution in [2.24, 2.45) is 0 Å². The van der Waals surface area contributed by atoms with E-state index in [2.05, 4.69) is 0 Å². The molecular weight excluding hydrogens is 284 g/mol. The molecule has 0 spiro atoms. The van der Waals surface area contributed by atoms with Crippen LogP contribution in [0.3, 0.4) is 0 Å². The Morgan fingerprint density at radius 1 is 0.615 bits per heavy atom. The van der Waals surface area contributed by atoms with Crippen LogP contribution in [0, 0.1) is 0 Å². The standard InChI is InChI=1S/2Cr.Mg.2H3N.8O/h;;;2*1H3;;;;;;;;/q;;+2;;;;;;;4*-1/p+2. The second kappa shape index (κ2) is 10.9. The van der Waals surface area contributed by atoms with Crippen LogP contribution >= 0.6 is 0 Å². The van der Waals surface area contributed by atoms with Gasteiger partial charge in [-0.1, -0.05) is 0 Å². The summed E-state index contributed by atoms with van der Waals surface area (Å²) in [6, 6.07) is 0. The Balaban J connectivity index is -0.0000000267. The van der Waals surface area contributed by atoms with Gasteiger partial charge in [0.2, 0.25) is 0 Å². The van der Waals surface area contributed by atoms with E-state index in [0.29, 0.717) is 0 Å². The average molecular weight is 292 g/mol. The monoisotopic (exact) mass is 292 g/mol. The van der Waals surface area contributed by atoms with Crippen molar-refractivity contribution in [3.63, 3.8) is 0 Å². The van der Waals surface area contributed by atoms with E-state index in [0.717, 1.165) is 0 Å². The number of rotatable bonds is 0. The maximum absolute atomic E-state index is 8.59. The second-order valence-corrected chi connectivity index (χ2v) is 3.37. The Morgan fingerprint density at radius 3 is 0.615 bits per heavy atom. The van der Waals surface area contributed by atoms with Crippen molar-refractivity contribution in [3.8, 4) is 0 Å². The van der Waals surface area contributed by atoms with Gasteiger partial charge in [0, 0.05) is 0 Å². The Kier molecular flexibility index (Phi) is 24.4. The summed E-state index contributed by atoms with van der Waals surface area (Å²) in [7, 11) is 0. The van der Waals surface area contributed by atoms with Crippen molar-refractivity contribution >= 4 is 23.1 Å². The second-order valence-electron chi connectivity index (χ2n) is 0.816.